The van der Waals surface area contributed by atoms with E-state index in [1.807, 2.05) is 37.6 Å². The summed E-state index contributed by atoms with van der Waals surface area (Å²) >= 11 is 0. The van der Waals surface area contributed by atoms with Gasteiger partial charge >= 0.3 is 0 Å². The van der Waals surface area contributed by atoms with E-state index < -0.39 is 0 Å². The molecule has 3 rings (SSSR count). The highest BCUT2D eigenvalue weighted by Gasteiger charge is 2.21. The second-order valence-electron chi connectivity index (χ2n) is 6.22. The summed E-state index contributed by atoms with van der Waals surface area (Å²) in [5, 5.41) is 3.52. The van der Waals surface area contributed by atoms with E-state index in [9.17, 15) is 4.79 Å². The lowest BCUT2D eigenvalue weighted by Gasteiger charge is -2.29. The first-order chi connectivity index (χ1) is 11.2. The molecule has 2 atom stereocenters. The Kier molecular flexibility index (Phi) is 4.95. The summed E-state index contributed by atoms with van der Waals surface area (Å²) in [6.45, 7) is 1.88. The molecule has 1 aliphatic carbocycles. The van der Waals surface area contributed by atoms with Crippen molar-refractivity contribution in [2.45, 2.75) is 45.1 Å². The fourth-order valence-corrected chi connectivity index (χ4v) is 3.21. The van der Waals surface area contributed by atoms with Crippen molar-refractivity contribution in [2.75, 3.05) is 5.32 Å². The number of carbonyl (C=O) groups is 1. The highest BCUT2D eigenvalue weighted by molar-refractivity contribution is 5.64. The maximum atomic E-state index is 10.7. The van der Waals surface area contributed by atoms with Gasteiger partial charge in [0.15, 0.2) is 0 Å². The monoisotopic (exact) mass is 310 g/mol. The zero-order valence-electron chi connectivity index (χ0n) is 13.4. The lowest BCUT2D eigenvalue weighted by Crippen LogP contribution is -2.27. The van der Waals surface area contributed by atoms with Gasteiger partial charge in [-0.3, -0.25) is 0 Å². The molecule has 0 spiro atoms. The lowest BCUT2D eigenvalue weighted by atomic mass is 9.84. The molecule has 0 aromatic carbocycles. The smallest absolute Gasteiger partial charge is 0.126 e. The maximum Gasteiger partial charge on any atom is 0.126 e. The quantitative estimate of drug-likeness (QED) is 0.857. The first kappa shape index (κ1) is 15.6. The number of nitrogens with one attached hydrogen (secondary N) is 1. The van der Waals surface area contributed by atoms with Gasteiger partial charge in [-0.15, -0.1) is 0 Å². The minimum Gasteiger partial charge on any atom is -0.367 e. The van der Waals surface area contributed by atoms with Gasteiger partial charge in [-0.25, -0.2) is 15.0 Å². The molecule has 0 radical (unpaired) electrons. The van der Waals surface area contributed by atoms with Crippen LogP contribution in [0.5, 0.6) is 0 Å². The minimum absolute atomic E-state index is 0.394. The second kappa shape index (κ2) is 7.31. The Morgan fingerprint density at radius 3 is 2.83 bits per heavy atom. The van der Waals surface area contributed by atoms with Gasteiger partial charge in [0.25, 0.3) is 0 Å². The molecule has 2 aromatic rings. The Hall–Kier alpha value is -2.30. The highest BCUT2D eigenvalue weighted by Crippen LogP contribution is 2.28. The summed E-state index contributed by atoms with van der Waals surface area (Å²) in [6, 6.07) is 4.40. The fraction of sp³-hybridized carbons (Fsp3) is 0.444. The van der Waals surface area contributed by atoms with Crippen LogP contribution in [0, 0.1) is 12.8 Å². The van der Waals surface area contributed by atoms with Gasteiger partial charge in [0, 0.05) is 36.6 Å². The van der Waals surface area contributed by atoms with Crippen molar-refractivity contribution in [3.05, 3.63) is 36.5 Å². The zero-order chi connectivity index (χ0) is 16.1. The van der Waals surface area contributed by atoms with E-state index in [-0.39, 0.29) is 0 Å². The summed E-state index contributed by atoms with van der Waals surface area (Å²) in [5.41, 5.74) is 2.05. The molecule has 2 heterocycles. The number of carbonyl (C=O) groups excluding carboxylic acids is 1. The van der Waals surface area contributed by atoms with Crippen LogP contribution in [0.2, 0.25) is 0 Å². The molecule has 2 aromatic heterocycles. The molecule has 1 fully saturated rings. The number of rotatable bonds is 5. The van der Waals surface area contributed by atoms with Crippen LogP contribution in [0.4, 0.5) is 5.82 Å². The van der Waals surface area contributed by atoms with Crippen LogP contribution in [0.25, 0.3) is 11.1 Å². The van der Waals surface area contributed by atoms with Crippen molar-refractivity contribution in [3.63, 3.8) is 0 Å². The Morgan fingerprint density at radius 2 is 2.04 bits per heavy atom. The van der Waals surface area contributed by atoms with Gasteiger partial charge in [0.1, 0.15) is 17.9 Å². The van der Waals surface area contributed by atoms with Crippen molar-refractivity contribution in [1.29, 1.82) is 0 Å². The average Bonchev–Trinajstić information content (AvgIpc) is 2.56. The molecule has 120 valence electrons. The zero-order valence-corrected chi connectivity index (χ0v) is 13.4. The van der Waals surface area contributed by atoms with Gasteiger partial charge in [-0.1, -0.05) is 6.42 Å². The molecular weight excluding hydrogens is 288 g/mol. The van der Waals surface area contributed by atoms with Crippen LogP contribution in [-0.2, 0) is 4.79 Å². The van der Waals surface area contributed by atoms with Crippen molar-refractivity contribution < 1.29 is 4.79 Å². The Labute approximate surface area is 136 Å². The van der Waals surface area contributed by atoms with Gasteiger partial charge < -0.3 is 10.1 Å². The Balaban J connectivity index is 1.70. The molecular formula is C18H22N4O. The predicted octanol–water partition coefficient (Wildman–Crippen LogP) is 3.41. The van der Waals surface area contributed by atoms with Gasteiger partial charge in [-0.2, -0.15) is 0 Å². The van der Waals surface area contributed by atoms with E-state index in [0.717, 1.165) is 48.3 Å². The fourth-order valence-electron chi connectivity index (χ4n) is 3.21. The van der Waals surface area contributed by atoms with E-state index in [0.29, 0.717) is 18.4 Å². The Morgan fingerprint density at radius 1 is 1.22 bits per heavy atom. The number of pyridine rings is 1. The maximum absolute atomic E-state index is 10.7. The number of hydrogen-bond donors (Lipinski definition) is 1. The van der Waals surface area contributed by atoms with Crippen LogP contribution in [-0.4, -0.2) is 27.3 Å². The third-order valence-electron chi connectivity index (χ3n) is 4.44. The summed E-state index contributed by atoms with van der Waals surface area (Å²) in [4.78, 5) is 23.6. The topological polar surface area (TPSA) is 67.8 Å². The van der Waals surface area contributed by atoms with Gasteiger partial charge in [0.2, 0.25) is 0 Å². The van der Waals surface area contributed by atoms with Crippen molar-refractivity contribution in [3.8, 4) is 11.1 Å². The summed E-state index contributed by atoms with van der Waals surface area (Å²) in [5.74, 6) is 2.15. The molecule has 0 saturated heterocycles. The standard InChI is InChI=1S/C18H22N4O/c1-13-20-11-16(12-21-13)15-5-7-19-18(10-15)22-17-4-2-3-14(9-17)6-8-23/h5,7-8,10-12,14,17H,2-4,6,9H2,1H3,(H,19,22). The second-order valence-corrected chi connectivity index (χ2v) is 6.22. The molecule has 1 aliphatic rings. The summed E-state index contributed by atoms with van der Waals surface area (Å²) in [7, 11) is 0. The molecule has 5 heteroatoms. The summed E-state index contributed by atoms with van der Waals surface area (Å²) in [6.07, 6.45) is 11.7. The van der Waals surface area contributed by atoms with Gasteiger partial charge in [0.05, 0.1) is 0 Å². The van der Waals surface area contributed by atoms with Crippen molar-refractivity contribution in [2.24, 2.45) is 5.92 Å². The van der Waals surface area contributed by atoms with Crippen LogP contribution in [0.15, 0.2) is 30.7 Å². The minimum atomic E-state index is 0.394. The Bertz CT molecular complexity index is 656. The van der Waals surface area contributed by atoms with Gasteiger partial charge in [-0.05, 0) is 49.8 Å². The number of aryl methyl sites for hydroxylation is 1. The van der Waals surface area contributed by atoms with Crippen LogP contribution in [0.3, 0.4) is 0 Å². The molecule has 0 bridgehead atoms. The van der Waals surface area contributed by atoms with E-state index >= 15 is 0 Å². The number of nitrogens with zero attached hydrogens (tertiary/aromatic N) is 3. The molecule has 1 saturated carbocycles. The normalized spacial score (nSPS) is 20.9. The highest BCUT2D eigenvalue weighted by atomic mass is 16.1. The van der Waals surface area contributed by atoms with E-state index in [1.54, 1.807) is 0 Å². The van der Waals surface area contributed by atoms with E-state index in [4.69, 9.17) is 0 Å². The third-order valence-corrected chi connectivity index (χ3v) is 4.44. The molecule has 1 N–H and O–H groups in total. The average molecular weight is 310 g/mol. The largest absolute Gasteiger partial charge is 0.367 e. The van der Waals surface area contributed by atoms with Crippen molar-refractivity contribution >= 4 is 12.1 Å². The third kappa shape index (κ3) is 4.12. The van der Waals surface area contributed by atoms with Crippen LogP contribution in [0.1, 0.15) is 37.9 Å². The number of hydrogen-bond acceptors (Lipinski definition) is 5. The predicted molar refractivity (Wildman–Crippen MR) is 90.0 cm³/mol. The molecule has 2 unspecified atom stereocenters. The van der Waals surface area contributed by atoms with Crippen molar-refractivity contribution in [1.82, 2.24) is 15.0 Å². The van der Waals surface area contributed by atoms with Crippen LogP contribution < -0.4 is 5.32 Å². The van der Waals surface area contributed by atoms with Crippen LogP contribution >= 0.6 is 0 Å². The number of aromatic nitrogens is 3. The van der Waals surface area contributed by atoms with E-state index in [1.165, 1.54) is 6.42 Å². The number of anilines is 1. The first-order valence-corrected chi connectivity index (χ1v) is 8.20. The first-order valence-electron chi connectivity index (χ1n) is 8.20. The summed E-state index contributed by atoms with van der Waals surface area (Å²) < 4.78 is 0. The lowest BCUT2D eigenvalue weighted by molar-refractivity contribution is -0.108. The molecule has 0 aliphatic heterocycles. The SMILES string of the molecule is Cc1ncc(-c2ccnc(NC3CCCC(CC=O)C3)c2)cn1. The molecule has 5 nitrogen and oxygen atoms in total. The molecule has 0 amide bonds. The van der Waals surface area contributed by atoms with E-state index in [2.05, 4.69) is 20.3 Å². The molecule has 23 heavy (non-hydrogen) atoms. The number of aldehydes is 1.